The molecule has 2 N–H and O–H groups in total. The van der Waals surface area contributed by atoms with Gasteiger partial charge in [-0.25, -0.2) is 4.98 Å². The van der Waals surface area contributed by atoms with Gasteiger partial charge < -0.3 is 15.2 Å². The van der Waals surface area contributed by atoms with Crippen LogP contribution in [-0.4, -0.2) is 18.2 Å². The number of anilines is 1. The molecule has 1 aromatic heterocycles. The van der Waals surface area contributed by atoms with E-state index in [4.69, 9.17) is 15.2 Å². The molecule has 0 radical (unpaired) electrons. The second kappa shape index (κ2) is 3.94. The standard InChI is InChI=1S/C12H16N2O2/c13-10-5-9-7-15-4-3-11(9)14-12(10)16-6-8-1-2-8/h5,8H,1-4,6-7,13H2. The molecule has 2 heterocycles. The van der Waals surface area contributed by atoms with Gasteiger partial charge in [-0.15, -0.1) is 0 Å². The molecule has 0 saturated heterocycles. The fraction of sp³-hybridized carbons (Fsp3) is 0.583. The summed E-state index contributed by atoms with van der Waals surface area (Å²) < 4.78 is 11.0. The van der Waals surface area contributed by atoms with Crippen LogP contribution in [0.5, 0.6) is 5.88 Å². The number of nitrogens with two attached hydrogens (primary N) is 1. The van der Waals surface area contributed by atoms with Gasteiger partial charge in [0.15, 0.2) is 0 Å². The molecule has 1 aromatic rings. The van der Waals surface area contributed by atoms with E-state index in [-0.39, 0.29) is 0 Å². The Bertz CT molecular complexity index is 402. The molecule has 0 bridgehead atoms. The van der Waals surface area contributed by atoms with Gasteiger partial charge in [-0.1, -0.05) is 0 Å². The molecule has 1 aliphatic carbocycles. The van der Waals surface area contributed by atoms with E-state index in [1.807, 2.05) is 6.07 Å². The molecule has 2 aliphatic rings. The third kappa shape index (κ3) is 1.97. The first-order chi connectivity index (χ1) is 7.83. The van der Waals surface area contributed by atoms with Gasteiger partial charge >= 0.3 is 0 Å². The van der Waals surface area contributed by atoms with Gasteiger partial charge in [0.25, 0.3) is 0 Å². The van der Waals surface area contributed by atoms with Gasteiger partial charge in [-0.2, -0.15) is 0 Å². The van der Waals surface area contributed by atoms with Crippen LogP contribution in [0.3, 0.4) is 0 Å². The lowest BCUT2D eigenvalue weighted by Gasteiger charge is -2.17. The zero-order valence-corrected chi connectivity index (χ0v) is 9.24. The zero-order chi connectivity index (χ0) is 11.0. The van der Waals surface area contributed by atoms with Crippen molar-refractivity contribution in [1.82, 2.24) is 4.98 Å². The maximum absolute atomic E-state index is 5.91. The van der Waals surface area contributed by atoms with Gasteiger partial charge in [-0.3, -0.25) is 0 Å². The Balaban J connectivity index is 1.80. The van der Waals surface area contributed by atoms with Crippen LogP contribution in [0.2, 0.25) is 0 Å². The normalized spacial score (nSPS) is 19.2. The average molecular weight is 220 g/mol. The molecule has 0 amide bonds. The van der Waals surface area contributed by atoms with Crippen LogP contribution in [0.1, 0.15) is 24.1 Å². The lowest BCUT2D eigenvalue weighted by Crippen LogP contribution is -2.14. The summed E-state index contributed by atoms with van der Waals surface area (Å²) in [5, 5.41) is 0. The van der Waals surface area contributed by atoms with E-state index in [2.05, 4.69) is 4.98 Å². The highest BCUT2D eigenvalue weighted by Gasteiger charge is 2.23. The Labute approximate surface area is 94.8 Å². The van der Waals surface area contributed by atoms with Crippen LogP contribution in [0, 0.1) is 5.92 Å². The lowest BCUT2D eigenvalue weighted by atomic mass is 10.1. The fourth-order valence-electron chi connectivity index (χ4n) is 1.88. The van der Waals surface area contributed by atoms with Crippen molar-refractivity contribution in [2.24, 2.45) is 5.92 Å². The number of hydrogen-bond acceptors (Lipinski definition) is 4. The van der Waals surface area contributed by atoms with Crippen LogP contribution < -0.4 is 10.5 Å². The molecule has 1 saturated carbocycles. The Hall–Kier alpha value is -1.29. The molecule has 0 atom stereocenters. The summed E-state index contributed by atoms with van der Waals surface area (Å²) in [6.45, 7) is 2.12. The number of nitrogen functional groups attached to an aromatic ring is 1. The number of ether oxygens (including phenoxy) is 2. The van der Waals surface area contributed by atoms with E-state index in [0.717, 1.165) is 36.8 Å². The number of pyridine rings is 1. The highest BCUT2D eigenvalue weighted by molar-refractivity contribution is 5.51. The van der Waals surface area contributed by atoms with Crippen molar-refractivity contribution in [1.29, 1.82) is 0 Å². The van der Waals surface area contributed by atoms with Gasteiger partial charge in [-0.05, 0) is 24.8 Å². The third-order valence-electron chi connectivity index (χ3n) is 3.08. The Kier molecular flexibility index (Phi) is 2.44. The molecule has 16 heavy (non-hydrogen) atoms. The lowest BCUT2D eigenvalue weighted by molar-refractivity contribution is 0.109. The second-order valence-electron chi connectivity index (χ2n) is 4.55. The van der Waals surface area contributed by atoms with E-state index in [0.29, 0.717) is 18.2 Å². The van der Waals surface area contributed by atoms with Crippen molar-refractivity contribution < 1.29 is 9.47 Å². The first kappa shape index (κ1) is 9.90. The first-order valence-corrected chi connectivity index (χ1v) is 5.82. The number of nitrogens with zero attached hydrogens (tertiary/aromatic N) is 1. The van der Waals surface area contributed by atoms with E-state index < -0.39 is 0 Å². The number of hydrogen-bond donors (Lipinski definition) is 1. The van der Waals surface area contributed by atoms with Crippen LogP contribution in [0.4, 0.5) is 5.69 Å². The minimum Gasteiger partial charge on any atom is -0.476 e. The SMILES string of the molecule is Nc1cc2c(nc1OCC1CC1)CCOC2. The first-order valence-electron chi connectivity index (χ1n) is 5.82. The predicted molar refractivity (Wildman–Crippen MR) is 60.2 cm³/mol. The minimum absolute atomic E-state index is 0.604. The van der Waals surface area contributed by atoms with Crippen molar-refractivity contribution >= 4 is 5.69 Å². The molecule has 0 unspecified atom stereocenters. The number of aromatic nitrogens is 1. The maximum atomic E-state index is 5.91. The van der Waals surface area contributed by atoms with Crippen molar-refractivity contribution in [3.63, 3.8) is 0 Å². The monoisotopic (exact) mass is 220 g/mol. The Morgan fingerprint density at radius 3 is 3.19 bits per heavy atom. The van der Waals surface area contributed by atoms with Crippen LogP contribution >= 0.6 is 0 Å². The minimum atomic E-state index is 0.604. The van der Waals surface area contributed by atoms with Gasteiger partial charge in [0.2, 0.25) is 5.88 Å². The molecule has 4 heteroatoms. The molecule has 0 aromatic carbocycles. The number of rotatable bonds is 3. The summed E-state index contributed by atoms with van der Waals surface area (Å²) in [5.74, 6) is 1.33. The second-order valence-corrected chi connectivity index (χ2v) is 4.55. The van der Waals surface area contributed by atoms with E-state index >= 15 is 0 Å². The summed E-state index contributed by atoms with van der Waals surface area (Å²) in [6, 6.07) is 1.93. The smallest absolute Gasteiger partial charge is 0.237 e. The molecule has 4 nitrogen and oxygen atoms in total. The van der Waals surface area contributed by atoms with E-state index in [1.165, 1.54) is 12.8 Å². The maximum Gasteiger partial charge on any atom is 0.237 e. The Morgan fingerprint density at radius 1 is 1.50 bits per heavy atom. The van der Waals surface area contributed by atoms with Crippen LogP contribution in [0.25, 0.3) is 0 Å². The highest BCUT2D eigenvalue weighted by Crippen LogP contribution is 2.31. The van der Waals surface area contributed by atoms with Crippen molar-refractivity contribution in [2.45, 2.75) is 25.9 Å². The molecule has 0 spiro atoms. The summed E-state index contributed by atoms with van der Waals surface area (Å²) in [4.78, 5) is 4.49. The van der Waals surface area contributed by atoms with E-state index in [1.54, 1.807) is 0 Å². The number of fused-ring (bicyclic) bond motifs is 1. The van der Waals surface area contributed by atoms with Gasteiger partial charge in [0.05, 0.1) is 31.2 Å². The molecule has 1 fully saturated rings. The average Bonchev–Trinajstić information content (AvgIpc) is 3.10. The third-order valence-corrected chi connectivity index (χ3v) is 3.08. The summed E-state index contributed by atoms with van der Waals surface area (Å²) >= 11 is 0. The van der Waals surface area contributed by atoms with Crippen molar-refractivity contribution in [3.05, 3.63) is 17.3 Å². The summed E-state index contributed by atoms with van der Waals surface area (Å²) in [5.41, 5.74) is 8.71. The summed E-state index contributed by atoms with van der Waals surface area (Å²) in [6.07, 6.45) is 3.41. The quantitative estimate of drug-likeness (QED) is 0.839. The molecular formula is C12H16N2O2. The predicted octanol–water partition coefficient (Wildman–Crippen LogP) is 1.53. The highest BCUT2D eigenvalue weighted by atomic mass is 16.5. The molecule has 86 valence electrons. The van der Waals surface area contributed by atoms with Crippen LogP contribution in [-0.2, 0) is 17.8 Å². The topological polar surface area (TPSA) is 57.4 Å². The van der Waals surface area contributed by atoms with Gasteiger partial charge in [0, 0.05) is 12.0 Å². The zero-order valence-electron chi connectivity index (χ0n) is 9.24. The van der Waals surface area contributed by atoms with Crippen LogP contribution in [0.15, 0.2) is 6.07 Å². The fourth-order valence-corrected chi connectivity index (χ4v) is 1.88. The summed E-state index contributed by atoms with van der Waals surface area (Å²) in [7, 11) is 0. The molecular weight excluding hydrogens is 204 g/mol. The van der Waals surface area contributed by atoms with Crippen molar-refractivity contribution in [3.8, 4) is 5.88 Å². The molecule has 1 aliphatic heterocycles. The van der Waals surface area contributed by atoms with Crippen molar-refractivity contribution in [2.75, 3.05) is 18.9 Å². The van der Waals surface area contributed by atoms with Gasteiger partial charge in [0.1, 0.15) is 0 Å². The largest absolute Gasteiger partial charge is 0.476 e. The molecule has 3 rings (SSSR count). The van der Waals surface area contributed by atoms with E-state index in [9.17, 15) is 0 Å². The Morgan fingerprint density at radius 2 is 2.38 bits per heavy atom.